The van der Waals surface area contributed by atoms with Crippen molar-refractivity contribution in [2.24, 2.45) is 0 Å². The fraction of sp³-hybridized carbons (Fsp3) is 0.120. The van der Waals surface area contributed by atoms with E-state index < -0.39 is 0 Å². The van der Waals surface area contributed by atoms with Gasteiger partial charge in [-0.1, -0.05) is 78.5 Å². The number of anilines is 1. The lowest BCUT2D eigenvalue weighted by atomic mass is 10.1. The Hall–Kier alpha value is -3.31. The molecule has 3 aromatic rings. The van der Waals surface area contributed by atoms with E-state index in [0.29, 0.717) is 23.6 Å². The van der Waals surface area contributed by atoms with E-state index in [0.717, 1.165) is 21.7 Å². The maximum absolute atomic E-state index is 13.2. The summed E-state index contributed by atoms with van der Waals surface area (Å²) >= 11 is 1.33. The summed E-state index contributed by atoms with van der Waals surface area (Å²) < 4.78 is 0. The predicted molar refractivity (Wildman–Crippen MR) is 121 cm³/mol. The molecule has 0 aromatic heterocycles. The second kappa shape index (κ2) is 9.01. The first-order chi connectivity index (χ1) is 14.6. The van der Waals surface area contributed by atoms with Crippen LogP contribution >= 0.6 is 11.8 Å². The van der Waals surface area contributed by atoms with Gasteiger partial charge in [0.15, 0.2) is 0 Å². The molecule has 2 amide bonds. The monoisotopic (exact) mass is 414 g/mol. The van der Waals surface area contributed by atoms with Crippen molar-refractivity contribution in [2.45, 2.75) is 18.2 Å². The summed E-state index contributed by atoms with van der Waals surface area (Å²) in [6.45, 7) is 2.32. The van der Waals surface area contributed by atoms with Gasteiger partial charge in [-0.2, -0.15) is 0 Å². The molecule has 1 N–H and O–H groups in total. The van der Waals surface area contributed by atoms with E-state index in [-0.39, 0.29) is 11.8 Å². The zero-order valence-corrected chi connectivity index (χ0v) is 17.5. The van der Waals surface area contributed by atoms with Gasteiger partial charge in [0.1, 0.15) is 10.6 Å². The van der Waals surface area contributed by atoms with Gasteiger partial charge >= 0.3 is 0 Å². The van der Waals surface area contributed by atoms with Crippen LogP contribution in [0.4, 0.5) is 5.69 Å². The number of imide groups is 1. The summed E-state index contributed by atoms with van der Waals surface area (Å²) in [4.78, 5) is 29.1. The maximum Gasteiger partial charge on any atom is 0.278 e. The third kappa shape index (κ3) is 4.31. The van der Waals surface area contributed by atoms with E-state index in [1.165, 1.54) is 16.7 Å². The van der Waals surface area contributed by atoms with Crippen LogP contribution in [0.5, 0.6) is 0 Å². The lowest BCUT2D eigenvalue weighted by Gasteiger charge is -2.15. The summed E-state index contributed by atoms with van der Waals surface area (Å²) in [7, 11) is 0. The molecular weight excluding hydrogens is 392 g/mol. The summed E-state index contributed by atoms with van der Waals surface area (Å²) in [5.41, 5.74) is 3.27. The Bertz CT molecular complexity index is 1090. The number of nitrogens with one attached hydrogen (secondary N) is 1. The highest BCUT2D eigenvalue weighted by Crippen LogP contribution is 2.36. The van der Waals surface area contributed by atoms with Gasteiger partial charge in [-0.15, -0.1) is 0 Å². The maximum atomic E-state index is 13.2. The first-order valence-electron chi connectivity index (χ1n) is 9.83. The van der Waals surface area contributed by atoms with E-state index >= 15 is 0 Å². The second-order valence-corrected chi connectivity index (χ2v) is 8.14. The van der Waals surface area contributed by atoms with Crippen LogP contribution in [0.25, 0.3) is 0 Å². The molecule has 4 rings (SSSR count). The molecule has 0 spiro atoms. The van der Waals surface area contributed by atoms with Crippen molar-refractivity contribution in [3.8, 4) is 0 Å². The standard InChI is InChI=1S/C25H22N2O2S/c1-18-10-8-9-15-21(18)26-22-23(30-20-13-6-3-7-14-20)25(29)27(24(22)28)17-16-19-11-4-2-5-12-19/h2-15,26H,16-17H2,1H3. The molecule has 0 radical (unpaired) electrons. The first kappa shape index (κ1) is 20.0. The van der Waals surface area contributed by atoms with Gasteiger partial charge in [-0.05, 0) is 42.7 Å². The van der Waals surface area contributed by atoms with E-state index in [1.54, 1.807) is 0 Å². The highest BCUT2D eigenvalue weighted by atomic mass is 32.2. The number of benzene rings is 3. The van der Waals surface area contributed by atoms with Crippen LogP contribution in [0.2, 0.25) is 0 Å². The van der Waals surface area contributed by atoms with Gasteiger partial charge in [0, 0.05) is 17.1 Å². The van der Waals surface area contributed by atoms with Crippen molar-refractivity contribution >= 4 is 29.3 Å². The van der Waals surface area contributed by atoms with Crippen molar-refractivity contribution < 1.29 is 9.59 Å². The highest BCUT2D eigenvalue weighted by Gasteiger charge is 2.39. The lowest BCUT2D eigenvalue weighted by Crippen LogP contribution is -2.34. The van der Waals surface area contributed by atoms with Gasteiger partial charge in [-0.25, -0.2) is 0 Å². The zero-order chi connectivity index (χ0) is 20.9. The second-order valence-electron chi connectivity index (χ2n) is 7.06. The molecule has 4 nitrogen and oxygen atoms in total. The van der Waals surface area contributed by atoms with Crippen LogP contribution < -0.4 is 5.32 Å². The normalized spacial score (nSPS) is 13.8. The van der Waals surface area contributed by atoms with Crippen molar-refractivity contribution in [2.75, 3.05) is 11.9 Å². The number of thioether (sulfide) groups is 1. The summed E-state index contributed by atoms with van der Waals surface area (Å²) in [5, 5.41) is 3.23. The molecule has 0 unspecified atom stereocenters. The number of aryl methyl sites for hydroxylation is 1. The molecule has 3 aromatic carbocycles. The molecule has 5 heteroatoms. The smallest absolute Gasteiger partial charge is 0.278 e. The van der Waals surface area contributed by atoms with Crippen LogP contribution in [0.15, 0.2) is 100 Å². The molecule has 150 valence electrons. The van der Waals surface area contributed by atoms with Gasteiger partial charge < -0.3 is 5.32 Å². The minimum Gasteiger partial charge on any atom is -0.350 e. The van der Waals surface area contributed by atoms with Gasteiger partial charge in [0.05, 0.1) is 0 Å². The molecule has 0 fully saturated rings. The van der Waals surface area contributed by atoms with Crippen LogP contribution in [-0.4, -0.2) is 23.3 Å². The first-order valence-corrected chi connectivity index (χ1v) is 10.6. The SMILES string of the molecule is Cc1ccccc1NC1=C(Sc2ccccc2)C(=O)N(CCc2ccccc2)C1=O. The average molecular weight is 415 g/mol. The van der Waals surface area contributed by atoms with Crippen LogP contribution in [0.1, 0.15) is 11.1 Å². The average Bonchev–Trinajstić information content (AvgIpc) is 2.99. The lowest BCUT2D eigenvalue weighted by molar-refractivity contribution is -0.137. The minimum atomic E-state index is -0.280. The molecule has 0 aliphatic carbocycles. The number of amides is 2. The van der Waals surface area contributed by atoms with E-state index in [9.17, 15) is 9.59 Å². The third-order valence-corrected chi connectivity index (χ3v) is 6.05. The van der Waals surface area contributed by atoms with Crippen LogP contribution in [0, 0.1) is 6.92 Å². The Kier molecular flexibility index (Phi) is 6.00. The van der Waals surface area contributed by atoms with Crippen LogP contribution in [0.3, 0.4) is 0 Å². The topological polar surface area (TPSA) is 49.4 Å². The number of hydrogen-bond donors (Lipinski definition) is 1. The molecule has 0 saturated carbocycles. The largest absolute Gasteiger partial charge is 0.350 e. The summed E-state index contributed by atoms with van der Waals surface area (Å²) in [5.74, 6) is -0.529. The molecule has 0 atom stereocenters. The zero-order valence-electron chi connectivity index (χ0n) is 16.7. The van der Waals surface area contributed by atoms with E-state index in [2.05, 4.69) is 5.32 Å². The van der Waals surface area contributed by atoms with E-state index in [4.69, 9.17) is 0 Å². The minimum absolute atomic E-state index is 0.249. The summed E-state index contributed by atoms with van der Waals surface area (Å²) in [6.07, 6.45) is 0.624. The number of carbonyl (C=O) groups is 2. The number of nitrogens with zero attached hydrogens (tertiary/aromatic N) is 1. The Balaban J connectivity index is 1.62. The number of rotatable bonds is 7. The fourth-order valence-corrected chi connectivity index (χ4v) is 4.27. The Morgan fingerprint density at radius 1 is 0.800 bits per heavy atom. The number of para-hydroxylation sites is 1. The molecule has 30 heavy (non-hydrogen) atoms. The highest BCUT2D eigenvalue weighted by molar-refractivity contribution is 8.04. The Labute approximate surface area is 180 Å². The number of carbonyl (C=O) groups excluding carboxylic acids is 2. The van der Waals surface area contributed by atoms with Crippen molar-refractivity contribution in [1.82, 2.24) is 4.90 Å². The van der Waals surface area contributed by atoms with Crippen molar-refractivity contribution in [1.29, 1.82) is 0 Å². The van der Waals surface area contributed by atoms with Crippen molar-refractivity contribution in [3.63, 3.8) is 0 Å². The van der Waals surface area contributed by atoms with Crippen molar-refractivity contribution in [3.05, 3.63) is 107 Å². The van der Waals surface area contributed by atoms with E-state index in [1.807, 2.05) is 91.9 Å². The van der Waals surface area contributed by atoms with Gasteiger partial charge in [0.25, 0.3) is 11.8 Å². The van der Waals surface area contributed by atoms with Gasteiger partial charge in [0.2, 0.25) is 0 Å². The van der Waals surface area contributed by atoms with Crippen LogP contribution in [-0.2, 0) is 16.0 Å². The molecule has 1 heterocycles. The molecule has 0 bridgehead atoms. The third-order valence-electron chi connectivity index (χ3n) is 4.96. The Morgan fingerprint density at radius 3 is 2.13 bits per heavy atom. The summed E-state index contributed by atoms with van der Waals surface area (Å²) in [6, 6.07) is 27.3. The molecule has 1 aliphatic rings. The fourth-order valence-electron chi connectivity index (χ4n) is 3.30. The predicted octanol–water partition coefficient (Wildman–Crippen LogP) is 5.02. The number of hydrogen-bond acceptors (Lipinski definition) is 4. The molecule has 1 aliphatic heterocycles. The molecule has 0 saturated heterocycles. The molecular formula is C25H22N2O2S. The van der Waals surface area contributed by atoms with Gasteiger partial charge in [-0.3, -0.25) is 14.5 Å². The Morgan fingerprint density at radius 2 is 1.43 bits per heavy atom. The quantitative estimate of drug-likeness (QED) is 0.552.